The number of hydrogen-bond acceptors (Lipinski definition) is 2. The first-order valence-corrected chi connectivity index (χ1v) is 4.15. The monoisotopic (exact) mass is 182 g/mol. The number of imidazole rings is 1. The quantitative estimate of drug-likeness (QED) is 0.700. The number of aromatic carboxylic acids is 1. The maximum Gasteiger partial charge on any atom is 0.354 e. The van der Waals surface area contributed by atoms with Crippen molar-refractivity contribution in [1.82, 2.24) is 9.55 Å². The maximum absolute atomic E-state index is 11.3. The van der Waals surface area contributed by atoms with E-state index in [0.717, 1.165) is 12.8 Å². The number of carbonyl (C=O) groups is 1. The van der Waals surface area contributed by atoms with Gasteiger partial charge in [-0.15, -0.1) is 0 Å². The standard InChI is InChI=1S/C8H10N2O3/c1-4-6(7(11)12)10(5-2-3-5)8(13)9-4/h5H,2-3H2,1H3,(H,9,13)(H,11,12). The molecular weight excluding hydrogens is 172 g/mol. The van der Waals surface area contributed by atoms with E-state index in [0.29, 0.717) is 5.69 Å². The van der Waals surface area contributed by atoms with Gasteiger partial charge in [0.2, 0.25) is 0 Å². The molecule has 13 heavy (non-hydrogen) atoms. The summed E-state index contributed by atoms with van der Waals surface area (Å²) < 4.78 is 1.34. The van der Waals surface area contributed by atoms with Crippen molar-refractivity contribution in [3.05, 3.63) is 21.9 Å². The molecule has 0 atom stereocenters. The van der Waals surface area contributed by atoms with Gasteiger partial charge in [-0.1, -0.05) is 0 Å². The molecule has 0 aliphatic heterocycles. The normalized spacial score (nSPS) is 16.1. The minimum atomic E-state index is -1.04. The van der Waals surface area contributed by atoms with Crippen molar-refractivity contribution in [3.8, 4) is 0 Å². The predicted molar refractivity (Wildman–Crippen MR) is 45.0 cm³/mol. The van der Waals surface area contributed by atoms with Crippen molar-refractivity contribution < 1.29 is 9.90 Å². The molecule has 1 fully saturated rings. The molecule has 0 unspecified atom stereocenters. The Morgan fingerprint density at radius 2 is 2.23 bits per heavy atom. The molecule has 0 amide bonds. The van der Waals surface area contributed by atoms with Gasteiger partial charge < -0.3 is 10.1 Å². The highest BCUT2D eigenvalue weighted by molar-refractivity contribution is 5.87. The van der Waals surface area contributed by atoms with Gasteiger partial charge in [0.25, 0.3) is 0 Å². The summed E-state index contributed by atoms with van der Waals surface area (Å²) in [4.78, 5) is 24.6. The maximum atomic E-state index is 11.3. The molecule has 1 aromatic rings. The van der Waals surface area contributed by atoms with E-state index in [1.807, 2.05) is 0 Å². The molecule has 2 N–H and O–H groups in total. The summed E-state index contributed by atoms with van der Waals surface area (Å²) in [6.07, 6.45) is 1.80. The van der Waals surface area contributed by atoms with Crippen LogP contribution in [0.2, 0.25) is 0 Å². The number of carboxylic acid groups (broad SMARTS) is 1. The second-order valence-electron chi connectivity index (χ2n) is 3.31. The second kappa shape index (κ2) is 2.48. The number of carboxylic acids is 1. The third kappa shape index (κ3) is 1.16. The van der Waals surface area contributed by atoms with E-state index >= 15 is 0 Å². The average Bonchev–Trinajstić information content (AvgIpc) is 2.77. The Labute approximate surface area is 74.0 Å². The number of rotatable bonds is 2. The zero-order valence-corrected chi connectivity index (χ0v) is 7.20. The molecule has 0 radical (unpaired) electrons. The Bertz CT molecular complexity index is 412. The Kier molecular flexibility index (Phi) is 1.55. The van der Waals surface area contributed by atoms with Crippen LogP contribution in [0.5, 0.6) is 0 Å². The Hall–Kier alpha value is -1.52. The molecule has 0 saturated heterocycles. The van der Waals surface area contributed by atoms with Crippen molar-refractivity contribution in [3.63, 3.8) is 0 Å². The number of nitrogens with zero attached hydrogens (tertiary/aromatic N) is 1. The van der Waals surface area contributed by atoms with Crippen molar-refractivity contribution in [2.75, 3.05) is 0 Å². The highest BCUT2D eigenvalue weighted by Crippen LogP contribution is 2.34. The number of aromatic nitrogens is 2. The number of H-pyrrole nitrogens is 1. The highest BCUT2D eigenvalue weighted by atomic mass is 16.4. The Balaban J connectivity index is 2.63. The van der Waals surface area contributed by atoms with Gasteiger partial charge >= 0.3 is 11.7 Å². The van der Waals surface area contributed by atoms with Gasteiger partial charge in [0.1, 0.15) is 0 Å². The van der Waals surface area contributed by atoms with Gasteiger partial charge in [-0.3, -0.25) is 4.57 Å². The Morgan fingerprint density at radius 3 is 2.69 bits per heavy atom. The van der Waals surface area contributed by atoms with Gasteiger partial charge in [-0.05, 0) is 19.8 Å². The lowest BCUT2D eigenvalue weighted by molar-refractivity contribution is 0.0683. The average molecular weight is 182 g/mol. The fourth-order valence-corrected chi connectivity index (χ4v) is 1.51. The second-order valence-corrected chi connectivity index (χ2v) is 3.31. The van der Waals surface area contributed by atoms with Crippen LogP contribution < -0.4 is 5.69 Å². The third-order valence-corrected chi connectivity index (χ3v) is 2.22. The van der Waals surface area contributed by atoms with Crippen LogP contribution in [0.25, 0.3) is 0 Å². The summed E-state index contributed by atoms with van der Waals surface area (Å²) in [6.45, 7) is 1.60. The summed E-state index contributed by atoms with van der Waals surface area (Å²) in [5.41, 5.74) is 0.231. The van der Waals surface area contributed by atoms with E-state index in [1.54, 1.807) is 6.92 Å². The molecule has 5 nitrogen and oxygen atoms in total. The van der Waals surface area contributed by atoms with Crippen LogP contribution >= 0.6 is 0 Å². The first kappa shape index (κ1) is 8.10. The molecule has 1 aromatic heterocycles. The van der Waals surface area contributed by atoms with E-state index in [9.17, 15) is 9.59 Å². The summed E-state index contributed by atoms with van der Waals surface area (Å²) >= 11 is 0. The van der Waals surface area contributed by atoms with Crippen LogP contribution in [-0.4, -0.2) is 20.6 Å². The zero-order valence-electron chi connectivity index (χ0n) is 7.20. The van der Waals surface area contributed by atoms with Crippen LogP contribution in [-0.2, 0) is 0 Å². The van der Waals surface area contributed by atoms with E-state index in [-0.39, 0.29) is 17.4 Å². The van der Waals surface area contributed by atoms with E-state index in [4.69, 9.17) is 5.11 Å². The van der Waals surface area contributed by atoms with Crippen LogP contribution in [0, 0.1) is 6.92 Å². The molecule has 1 aliphatic carbocycles. The fourth-order valence-electron chi connectivity index (χ4n) is 1.51. The van der Waals surface area contributed by atoms with Gasteiger partial charge in [0.05, 0.1) is 0 Å². The highest BCUT2D eigenvalue weighted by Gasteiger charge is 2.30. The van der Waals surface area contributed by atoms with Crippen LogP contribution in [0.15, 0.2) is 4.79 Å². The summed E-state index contributed by atoms with van der Waals surface area (Å²) in [5, 5.41) is 8.86. The molecule has 0 spiro atoms. The minimum Gasteiger partial charge on any atom is -0.477 e. The molecule has 0 aromatic carbocycles. The van der Waals surface area contributed by atoms with Crippen LogP contribution in [0.4, 0.5) is 0 Å². The van der Waals surface area contributed by atoms with E-state index in [2.05, 4.69) is 4.98 Å². The minimum absolute atomic E-state index is 0.101. The number of aromatic amines is 1. The molecule has 2 rings (SSSR count). The van der Waals surface area contributed by atoms with Gasteiger partial charge in [-0.2, -0.15) is 0 Å². The lowest BCUT2D eigenvalue weighted by Crippen LogP contribution is -2.19. The van der Waals surface area contributed by atoms with Crippen molar-refractivity contribution >= 4 is 5.97 Å². The number of hydrogen-bond donors (Lipinski definition) is 2. The van der Waals surface area contributed by atoms with Crippen molar-refractivity contribution in [2.45, 2.75) is 25.8 Å². The molecule has 1 heterocycles. The number of aryl methyl sites for hydroxylation is 1. The molecule has 1 saturated carbocycles. The van der Waals surface area contributed by atoms with Gasteiger partial charge in [-0.25, -0.2) is 9.59 Å². The summed E-state index contributed by atoms with van der Waals surface area (Å²) in [7, 11) is 0. The van der Waals surface area contributed by atoms with Gasteiger partial charge in [0, 0.05) is 11.7 Å². The Morgan fingerprint density at radius 1 is 1.62 bits per heavy atom. The number of nitrogens with one attached hydrogen (secondary N) is 1. The van der Waals surface area contributed by atoms with Crippen molar-refractivity contribution in [1.29, 1.82) is 0 Å². The fraction of sp³-hybridized carbons (Fsp3) is 0.500. The van der Waals surface area contributed by atoms with E-state index in [1.165, 1.54) is 4.57 Å². The summed E-state index contributed by atoms with van der Waals surface area (Å²) in [5.74, 6) is -1.04. The first-order valence-electron chi connectivity index (χ1n) is 4.15. The topological polar surface area (TPSA) is 75.1 Å². The van der Waals surface area contributed by atoms with Gasteiger partial charge in [0.15, 0.2) is 5.69 Å². The zero-order chi connectivity index (χ0) is 9.59. The van der Waals surface area contributed by atoms with E-state index < -0.39 is 5.97 Å². The first-order chi connectivity index (χ1) is 6.11. The summed E-state index contributed by atoms with van der Waals surface area (Å²) in [6, 6.07) is 0.101. The molecule has 1 aliphatic rings. The molecule has 5 heteroatoms. The predicted octanol–water partition coefficient (Wildman–Crippen LogP) is 0.518. The smallest absolute Gasteiger partial charge is 0.354 e. The third-order valence-electron chi connectivity index (χ3n) is 2.22. The molecular formula is C8H10N2O3. The van der Waals surface area contributed by atoms with Crippen LogP contribution in [0.3, 0.4) is 0 Å². The van der Waals surface area contributed by atoms with Crippen molar-refractivity contribution in [2.24, 2.45) is 0 Å². The lowest BCUT2D eigenvalue weighted by Gasteiger charge is -2.00. The molecule has 0 bridgehead atoms. The molecule has 70 valence electrons. The lowest BCUT2D eigenvalue weighted by atomic mass is 10.3. The largest absolute Gasteiger partial charge is 0.477 e. The van der Waals surface area contributed by atoms with Crippen LogP contribution in [0.1, 0.15) is 35.1 Å². The SMILES string of the molecule is Cc1[nH]c(=O)n(C2CC2)c1C(=O)O.